The van der Waals surface area contributed by atoms with E-state index in [4.69, 9.17) is 11.6 Å². The van der Waals surface area contributed by atoms with Gasteiger partial charge in [0.25, 0.3) is 5.78 Å². The molecular weight excluding hydrogens is 226 g/mol. The zero-order valence-electron chi connectivity index (χ0n) is 8.39. The summed E-state index contributed by atoms with van der Waals surface area (Å²) in [4.78, 5) is 8.33. The van der Waals surface area contributed by atoms with Gasteiger partial charge < -0.3 is 0 Å². The Labute approximate surface area is 96.7 Å². The molecule has 0 saturated heterocycles. The molecule has 1 aliphatic rings. The average molecular weight is 234 g/mol. The molecule has 5 nitrogen and oxygen atoms in total. The highest BCUT2D eigenvalue weighted by molar-refractivity contribution is 6.30. The molecule has 1 aliphatic carbocycles. The highest BCUT2D eigenvalue weighted by atomic mass is 35.5. The molecule has 2 aromatic heterocycles. The number of hydrogen-bond acceptors (Lipinski definition) is 4. The third kappa shape index (κ3) is 1.20. The number of halogens is 1. The largest absolute Gasteiger partial charge is 0.252 e. The van der Waals surface area contributed by atoms with Gasteiger partial charge in [0.05, 0.1) is 23.5 Å². The molecule has 3 rings (SSSR count). The molecule has 1 fully saturated rings. The minimum Gasteiger partial charge on any atom is -0.218 e. The first-order chi connectivity index (χ1) is 7.73. The van der Waals surface area contributed by atoms with E-state index in [1.165, 1.54) is 10.7 Å². The second-order valence-corrected chi connectivity index (χ2v) is 4.44. The van der Waals surface area contributed by atoms with Gasteiger partial charge in [-0.3, -0.25) is 0 Å². The van der Waals surface area contributed by atoms with E-state index >= 15 is 0 Å². The summed E-state index contributed by atoms with van der Waals surface area (Å²) in [6.07, 6.45) is 5.87. The standard InChI is InChI=1S/C10H8ClN5/c11-7-4-13-9-14-8(15-16(9)5-7)10(6-12)2-1-3-10/h4-5H,1-3H2. The Morgan fingerprint density at radius 1 is 1.50 bits per heavy atom. The Morgan fingerprint density at radius 2 is 2.31 bits per heavy atom. The van der Waals surface area contributed by atoms with Crippen LogP contribution in [-0.2, 0) is 5.41 Å². The summed E-state index contributed by atoms with van der Waals surface area (Å²) in [5, 5.41) is 14.0. The molecule has 2 aromatic rings. The summed E-state index contributed by atoms with van der Waals surface area (Å²) in [5.41, 5.74) is -0.500. The maximum absolute atomic E-state index is 9.18. The van der Waals surface area contributed by atoms with Gasteiger partial charge in [-0.1, -0.05) is 11.6 Å². The van der Waals surface area contributed by atoms with Crippen molar-refractivity contribution >= 4 is 17.4 Å². The summed E-state index contributed by atoms with van der Waals surface area (Å²) < 4.78 is 1.52. The quantitative estimate of drug-likeness (QED) is 0.752. The van der Waals surface area contributed by atoms with Crippen molar-refractivity contribution < 1.29 is 0 Å². The zero-order chi connectivity index (χ0) is 11.2. The third-order valence-corrected chi connectivity index (χ3v) is 3.21. The van der Waals surface area contributed by atoms with Gasteiger partial charge >= 0.3 is 0 Å². The molecule has 0 spiro atoms. The van der Waals surface area contributed by atoms with Gasteiger partial charge in [0.2, 0.25) is 0 Å². The Kier molecular flexibility index (Phi) is 1.88. The number of nitriles is 1. The fourth-order valence-corrected chi connectivity index (χ4v) is 2.02. The van der Waals surface area contributed by atoms with Crippen LogP contribution in [0.2, 0.25) is 5.02 Å². The van der Waals surface area contributed by atoms with E-state index in [2.05, 4.69) is 21.1 Å². The number of rotatable bonds is 1. The summed E-state index contributed by atoms with van der Waals surface area (Å²) in [5.74, 6) is 1.05. The normalized spacial score (nSPS) is 18.0. The van der Waals surface area contributed by atoms with Gasteiger partial charge in [0.15, 0.2) is 5.82 Å². The Morgan fingerprint density at radius 3 is 2.94 bits per heavy atom. The first-order valence-electron chi connectivity index (χ1n) is 5.03. The van der Waals surface area contributed by atoms with Crippen molar-refractivity contribution in [1.29, 1.82) is 5.26 Å². The molecule has 1 saturated carbocycles. The summed E-state index contributed by atoms with van der Waals surface area (Å²) in [6, 6.07) is 2.31. The van der Waals surface area contributed by atoms with Crippen molar-refractivity contribution in [2.75, 3.05) is 0 Å². The van der Waals surface area contributed by atoms with Crippen LogP contribution in [0.5, 0.6) is 0 Å². The molecule has 0 amide bonds. The van der Waals surface area contributed by atoms with E-state index < -0.39 is 5.41 Å². The maximum atomic E-state index is 9.18. The van der Waals surface area contributed by atoms with Gasteiger partial charge in [0, 0.05) is 0 Å². The van der Waals surface area contributed by atoms with Gasteiger partial charge in [-0.2, -0.15) is 10.2 Å². The van der Waals surface area contributed by atoms with Crippen LogP contribution in [0.4, 0.5) is 0 Å². The Balaban J connectivity index is 2.16. The van der Waals surface area contributed by atoms with Crippen molar-refractivity contribution in [2.45, 2.75) is 24.7 Å². The lowest BCUT2D eigenvalue weighted by Gasteiger charge is -2.31. The van der Waals surface area contributed by atoms with Crippen molar-refractivity contribution in [1.82, 2.24) is 19.6 Å². The predicted octanol–water partition coefficient (Wildman–Crippen LogP) is 1.72. The molecule has 0 aliphatic heterocycles. The maximum Gasteiger partial charge on any atom is 0.252 e. The van der Waals surface area contributed by atoms with Crippen LogP contribution in [0.15, 0.2) is 12.4 Å². The third-order valence-electron chi connectivity index (χ3n) is 3.01. The van der Waals surface area contributed by atoms with Crippen LogP contribution in [0.25, 0.3) is 5.78 Å². The second kappa shape index (κ2) is 3.16. The minimum absolute atomic E-state index is 0.487. The first kappa shape index (κ1) is 9.55. The topological polar surface area (TPSA) is 66.9 Å². The molecule has 0 unspecified atom stereocenters. The van der Waals surface area contributed by atoms with Gasteiger partial charge in [-0.25, -0.2) is 9.50 Å². The van der Waals surface area contributed by atoms with Gasteiger partial charge in [-0.15, -0.1) is 5.10 Å². The van der Waals surface area contributed by atoms with Crippen LogP contribution in [-0.4, -0.2) is 19.6 Å². The zero-order valence-corrected chi connectivity index (χ0v) is 9.15. The van der Waals surface area contributed by atoms with E-state index in [1.54, 1.807) is 6.20 Å². The molecule has 0 N–H and O–H groups in total. The number of hydrogen-bond donors (Lipinski definition) is 0. The van der Waals surface area contributed by atoms with Crippen molar-refractivity contribution in [2.24, 2.45) is 0 Å². The van der Waals surface area contributed by atoms with Crippen LogP contribution >= 0.6 is 11.6 Å². The van der Waals surface area contributed by atoms with Crippen LogP contribution < -0.4 is 0 Å². The van der Waals surface area contributed by atoms with E-state index in [1.807, 2.05) is 0 Å². The monoisotopic (exact) mass is 233 g/mol. The predicted molar refractivity (Wildman–Crippen MR) is 56.9 cm³/mol. The highest BCUT2D eigenvalue weighted by Crippen LogP contribution is 2.41. The summed E-state index contributed by atoms with van der Waals surface area (Å²) in [7, 11) is 0. The fraction of sp³-hybridized carbons (Fsp3) is 0.400. The van der Waals surface area contributed by atoms with Crippen molar-refractivity contribution in [3.05, 3.63) is 23.2 Å². The summed E-state index contributed by atoms with van der Waals surface area (Å²) >= 11 is 5.81. The summed E-state index contributed by atoms with van der Waals surface area (Å²) in [6.45, 7) is 0. The molecular formula is C10H8ClN5. The lowest BCUT2D eigenvalue weighted by molar-refractivity contribution is 0.307. The lowest BCUT2D eigenvalue weighted by Crippen LogP contribution is -2.33. The van der Waals surface area contributed by atoms with Crippen LogP contribution in [0.3, 0.4) is 0 Å². The van der Waals surface area contributed by atoms with E-state index in [0.29, 0.717) is 16.6 Å². The average Bonchev–Trinajstić information content (AvgIpc) is 2.60. The lowest BCUT2D eigenvalue weighted by atomic mass is 9.69. The van der Waals surface area contributed by atoms with Crippen molar-refractivity contribution in [3.63, 3.8) is 0 Å². The minimum atomic E-state index is -0.500. The van der Waals surface area contributed by atoms with Gasteiger partial charge in [-0.05, 0) is 19.3 Å². The SMILES string of the molecule is N#CC1(c2nc3ncc(Cl)cn3n2)CCC1. The fourth-order valence-electron chi connectivity index (χ4n) is 1.88. The molecule has 16 heavy (non-hydrogen) atoms. The second-order valence-electron chi connectivity index (χ2n) is 4.00. The smallest absolute Gasteiger partial charge is 0.218 e. The van der Waals surface area contributed by atoms with Crippen LogP contribution in [0, 0.1) is 11.3 Å². The molecule has 0 bridgehead atoms. The number of aromatic nitrogens is 4. The molecule has 0 aromatic carbocycles. The molecule has 6 heteroatoms. The Hall–Kier alpha value is -1.67. The number of nitrogens with zero attached hydrogens (tertiary/aromatic N) is 5. The molecule has 80 valence electrons. The van der Waals surface area contributed by atoms with E-state index in [-0.39, 0.29) is 0 Å². The van der Waals surface area contributed by atoms with E-state index in [0.717, 1.165) is 19.3 Å². The molecule has 0 atom stereocenters. The van der Waals surface area contributed by atoms with Crippen molar-refractivity contribution in [3.8, 4) is 6.07 Å². The molecule has 2 heterocycles. The highest BCUT2D eigenvalue weighted by Gasteiger charge is 2.42. The number of fused-ring (bicyclic) bond motifs is 1. The van der Waals surface area contributed by atoms with Crippen LogP contribution in [0.1, 0.15) is 25.1 Å². The van der Waals surface area contributed by atoms with Gasteiger partial charge in [0.1, 0.15) is 5.41 Å². The first-order valence-corrected chi connectivity index (χ1v) is 5.41. The van der Waals surface area contributed by atoms with E-state index in [9.17, 15) is 5.26 Å². The molecule has 0 radical (unpaired) electrons. The Bertz CT molecular complexity index is 593.